The summed E-state index contributed by atoms with van der Waals surface area (Å²) < 4.78 is 40.9. The third-order valence-electron chi connectivity index (χ3n) is 6.87. The first kappa shape index (κ1) is 28.9. The summed E-state index contributed by atoms with van der Waals surface area (Å²) in [6, 6.07) is 12.1. The van der Waals surface area contributed by atoms with Crippen LogP contribution in [-0.2, 0) is 13.2 Å². The van der Waals surface area contributed by atoms with Crippen LogP contribution in [0.1, 0.15) is 76.1 Å². The molecule has 5 rings (SSSR count). The van der Waals surface area contributed by atoms with Gasteiger partial charge in [-0.25, -0.2) is 13.8 Å². The second-order valence-corrected chi connectivity index (χ2v) is 10.9. The van der Waals surface area contributed by atoms with Gasteiger partial charge in [-0.15, -0.1) is 11.3 Å². The largest absolute Gasteiger partial charge is 0.486 e. The van der Waals surface area contributed by atoms with E-state index >= 15 is 0 Å². The number of halogens is 2. The standard InChI is InChI=1S/C30H29F2N5O4S/c1-5-37-16(4)21(13-34-37)20-12-22(27(31)32)35-30-24(20)25(26(42-30)28(33)38)36-29(39)23-11-10-19(41-23)14-40-18-8-6-17(7-9-18)15(2)3/h6-13,15,27H,5,14H2,1-4H3,(H2,33,38)(H,36,39). The summed E-state index contributed by atoms with van der Waals surface area (Å²) in [7, 11) is 0. The predicted molar refractivity (Wildman–Crippen MR) is 156 cm³/mol. The van der Waals surface area contributed by atoms with E-state index in [9.17, 15) is 18.4 Å². The first-order valence-electron chi connectivity index (χ1n) is 13.3. The molecule has 218 valence electrons. The van der Waals surface area contributed by atoms with Crippen LogP contribution in [0.3, 0.4) is 0 Å². The number of furan rings is 1. The summed E-state index contributed by atoms with van der Waals surface area (Å²) in [6.07, 6.45) is -1.30. The summed E-state index contributed by atoms with van der Waals surface area (Å²) in [4.78, 5) is 29.9. The number of benzene rings is 1. The van der Waals surface area contributed by atoms with Crippen LogP contribution in [0.4, 0.5) is 14.5 Å². The molecule has 5 aromatic rings. The number of hydrogen-bond acceptors (Lipinski definition) is 7. The van der Waals surface area contributed by atoms with Crippen LogP contribution in [-0.4, -0.2) is 26.6 Å². The van der Waals surface area contributed by atoms with Gasteiger partial charge >= 0.3 is 0 Å². The first-order chi connectivity index (χ1) is 20.1. The molecular weight excluding hydrogens is 564 g/mol. The van der Waals surface area contributed by atoms with Crippen molar-refractivity contribution in [3.63, 3.8) is 0 Å². The van der Waals surface area contributed by atoms with Crippen molar-refractivity contribution in [2.75, 3.05) is 5.32 Å². The zero-order valence-corrected chi connectivity index (χ0v) is 24.2. The van der Waals surface area contributed by atoms with Gasteiger partial charge < -0.3 is 20.2 Å². The van der Waals surface area contributed by atoms with Crippen LogP contribution >= 0.6 is 11.3 Å². The van der Waals surface area contributed by atoms with E-state index in [0.29, 0.717) is 40.5 Å². The molecule has 0 fully saturated rings. The maximum Gasteiger partial charge on any atom is 0.291 e. The van der Waals surface area contributed by atoms with Gasteiger partial charge in [0.15, 0.2) is 5.76 Å². The molecule has 0 radical (unpaired) electrons. The molecule has 0 unspecified atom stereocenters. The number of hydrogen-bond donors (Lipinski definition) is 2. The number of nitrogens with zero attached hydrogens (tertiary/aromatic N) is 3. The maximum atomic E-state index is 13.8. The molecule has 4 heterocycles. The monoisotopic (exact) mass is 593 g/mol. The lowest BCUT2D eigenvalue weighted by molar-refractivity contribution is 0.0992. The third-order valence-corrected chi connectivity index (χ3v) is 7.97. The maximum absolute atomic E-state index is 13.8. The number of thiophene rings is 1. The molecule has 0 saturated carbocycles. The molecule has 0 spiro atoms. The van der Waals surface area contributed by atoms with Crippen molar-refractivity contribution in [2.45, 2.75) is 53.2 Å². The normalized spacial score (nSPS) is 11.5. The van der Waals surface area contributed by atoms with Crippen molar-refractivity contribution in [3.05, 3.63) is 82.0 Å². The summed E-state index contributed by atoms with van der Waals surface area (Å²) in [5, 5.41) is 7.36. The van der Waals surface area contributed by atoms with Crippen molar-refractivity contribution >= 4 is 39.1 Å². The summed E-state index contributed by atoms with van der Waals surface area (Å²) in [6.45, 7) is 8.59. The highest BCUT2D eigenvalue weighted by molar-refractivity contribution is 7.21. The van der Waals surface area contributed by atoms with Crippen molar-refractivity contribution in [2.24, 2.45) is 5.73 Å². The second-order valence-electron chi connectivity index (χ2n) is 9.94. The van der Waals surface area contributed by atoms with Gasteiger partial charge in [0.05, 0.1) is 11.9 Å². The summed E-state index contributed by atoms with van der Waals surface area (Å²) in [5.74, 6) is -0.0676. The van der Waals surface area contributed by atoms with Gasteiger partial charge in [0, 0.05) is 23.2 Å². The Labute approximate surface area is 244 Å². The Kier molecular flexibility index (Phi) is 8.08. The number of carbonyl (C=O) groups is 2. The lowest BCUT2D eigenvalue weighted by Crippen LogP contribution is -2.16. The quantitative estimate of drug-likeness (QED) is 0.178. The smallest absolute Gasteiger partial charge is 0.291 e. The lowest BCUT2D eigenvalue weighted by atomic mass is 10.0. The molecule has 2 amide bonds. The summed E-state index contributed by atoms with van der Waals surface area (Å²) >= 11 is 0.830. The van der Waals surface area contributed by atoms with Gasteiger partial charge in [0.1, 0.15) is 33.5 Å². The highest BCUT2D eigenvalue weighted by Gasteiger charge is 2.27. The number of carbonyl (C=O) groups excluding carboxylic acids is 2. The Morgan fingerprint density at radius 1 is 1.14 bits per heavy atom. The number of alkyl halides is 2. The highest BCUT2D eigenvalue weighted by atomic mass is 32.1. The Morgan fingerprint density at radius 2 is 1.88 bits per heavy atom. The van der Waals surface area contributed by atoms with E-state index < -0.39 is 23.9 Å². The summed E-state index contributed by atoms with van der Waals surface area (Å²) in [5.41, 5.74) is 8.08. The second kappa shape index (κ2) is 11.7. The van der Waals surface area contributed by atoms with Crippen LogP contribution in [0, 0.1) is 6.92 Å². The number of nitrogens with one attached hydrogen (secondary N) is 1. The molecule has 3 N–H and O–H groups in total. The minimum atomic E-state index is -2.86. The van der Waals surface area contributed by atoms with Gasteiger partial charge in [-0.2, -0.15) is 5.10 Å². The van der Waals surface area contributed by atoms with Crippen molar-refractivity contribution in [1.29, 1.82) is 0 Å². The molecule has 0 aliphatic carbocycles. The van der Waals surface area contributed by atoms with Crippen LogP contribution in [0.5, 0.6) is 5.75 Å². The zero-order chi connectivity index (χ0) is 30.1. The van der Waals surface area contributed by atoms with E-state index in [0.717, 1.165) is 17.0 Å². The molecule has 9 nitrogen and oxygen atoms in total. The fourth-order valence-corrected chi connectivity index (χ4v) is 5.63. The van der Waals surface area contributed by atoms with E-state index in [4.69, 9.17) is 14.9 Å². The van der Waals surface area contributed by atoms with E-state index in [1.165, 1.54) is 17.7 Å². The third kappa shape index (κ3) is 5.62. The Morgan fingerprint density at radius 3 is 2.50 bits per heavy atom. The van der Waals surface area contributed by atoms with Gasteiger partial charge in [0.25, 0.3) is 18.2 Å². The highest BCUT2D eigenvalue weighted by Crippen LogP contribution is 2.43. The van der Waals surface area contributed by atoms with E-state index in [1.54, 1.807) is 16.9 Å². The van der Waals surface area contributed by atoms with Crippen LogP contribution in [0.25, 0.3) is 21.3 Å². The number of rotatable bonds is 10. The van der Waals surface area contributed by atoms with Crippen molar-refractivity contribution < 1.29 is 27.5 Å². The van der Waals surface area contributed by atoms with Crippen LogP contribution in [0.15, 0.2) is 53.1 Å². The van der Waals surface area contributed by atoms with E-state index in [2.05, 4.69) is 29.2 Å². The number of ether oxygens (including phenoxy) is 1. The predicted octanol–water partition coefficient (Wildman–Crippen LogP) is 7.07. The van der Waals surface area contributed by atoms with Crippen molar-refractivity contribution in [1.82, 2.24) is 14.8 Å². The molecule has 0 aliphatic rings. The van der Waals surface area contributed by atoms with Gasteiger partial charge in [-0.3, -0.25) is 14.3 Å². The van der Waals surface area contributed by atoms with Gasteiger partial charge in [-0.1, -0.05) is 26.0 Å². The van der Waals surface area contributed by atoms with Gasteiger partial charge in [0.2, 0.25) is 0 Å². The number of aromatic nitrogens is 3. The number of fused-ring (bicyclic) bond motifs is 1. The van der Waals surface area contributed by atoms with E-state index in [1.807, 2.05) is 38.1 Å². The molecule has 1 aromatic carbocycles. The molecule has 4 aromatic heterocycles. The number of amides is 2. The Hall–Kier alpha value is -4.58. The molecule has 0 atom stereocenters. The number of primary amides is 1. The molecule has 0 bridgehead atoms. The van der Waals surface area contributed by atoms with Crippen LogP contribution in [0.2, 0.25) is 0 Å². The van der Waals surface area contributed by atoms with E-state index in [-0.39, 0.29) is 27.8 Å². The average molecular weight is 594 g/mol. The Bertz CT molecular complexity index is 1770. The minimum Gasteiger partial charge on any atom is -0.486 e. The molecule has 0 saturated heterocycles. The van der Waals surface area contributed by atoms with Gasteiger partial charge in [-0.05, 0) is 61.2 Å². The Balaban J connectivity index is 1.47. The molecule has 42 heavy (non-hydrogen) atoms. The average Bonchev–Trinajstić information content (AvgIpc) is 3.68. The fourth-order valence-electron chi connectivity index (χ4n) is 4.62. The minimum absolute atomic E-state index is 0.0287. The molecular formula is C30H29F2N5O4S. The number of anilines is 1. The number of aryl methyl sites for hydroxylation is 1. The lowest BCUT2D eigenvalue weighted by Gasteiger charge is -2.10. The fraction of sp³-hybridized carbons (Fsp3) is 0.267. The topological polar surface area (TPSA) is 125 Å². The molecule has 0 aliphatic heterocycles. The zero-order valence-electron chi connectivity index (χ0n) is 23.4. The first-order valence-corrected chi connectivity index (χ1v) is 14.1. The van der Waals surface area contributed by atoms with Crippen molar-refractivity contribution in [3.8, 4) is 16.9 Å². The SMILES string of the molecule is CCn1ncc(-c2cc(C(F)F)nc3sc(C(N)=O)c(NC(=O)c4ccc(COc5ccc(C(C)C)cc5)o4)c23)c1C. The molecule has 12 heteroatoms. The number of nitrogens with two attached hydrogens (primary N) is 1. The van der Waals surface area contributed by atoms with Crippen LogP contribution < -0.4 is 15.8 Å². The number of pyridine rings is 1.